The minimum Gasteiger partial charge on any atom is -0.313 e. The summed E-state index contributed by atoms with van der Waals surface area (Å²) in [4.78, 5) is 1.23. The molecule has 1 atom stereocenters. The van der Waals surface area contributed by atoms with Gasteiger partial charge in [0, 0.05) is 18.0 Å². The van der Waals surface area contributed by atoms with Crippen LogP contribution in [0.5, 0.6) is 0 Å². The molecular formula is C12H13F4N5. The van der Waals surface area contributed by atoms with Crippen molar-refractivity contribution in [1.29, 1.82) is 0 Å². The number of benzene rings is 1. The summed E-state index contributed by atoms with van der Waals surface area (Å²) < 4.78 is 52.0. The zero-order valence-electron chi connectivity index (χ0n) is 11.3. The van der Waals surface area contributed by atoms with Gasteiger partial charge in [0.15, 0.2) is 5.82 Å². The van der Waals surface area contributed by atoms with Gasteiger partial charge in [-0.25, -0.2) is 4.39 Å². The molecule has 9 heteroatoms. The molecule has 1 heterocycles. The predicted molar refractivity (Wildman–Crippen MR) is 65.7 cm³/mol. The number of rotatable bonds is 4. The van der Waals surface area contributed by atoms with Crippen molar-refractivity contribution in [2.75, 3.05) is 7.05 Å². The molecule has 0 aliphatic carbocycles. The number of halogens is 4. The summed E-state index contributed by atoms with van der Waals surface area (Å²) in [5.41, 5.74) is -0.981. The molecule has 0 saturated heterocycles. The first-order valence-corrected chi connectivity index (χ1v) is 6.08. The fourth-order valence-corrected chi connectivity index (χ4v) is 1.94. The highest BCUT2D eigenvalue weighted by molar-refractivity contribution is 5.30. The van der Waals surface area contributed by atoms with Crippen LogP contribution >= 0.6 is 0 Å². The minimum atomic E-state index is -4.52. The van der Waals surface area contributed by atoms with Gasteiger partial charge in [-0.1, -0.05) is 0 Å². The van der Waals surface area contributed by atoms with E-state index in [9.17, 15) is 17.6 Å². The quantitative estimate of drug-likeness (QED) is 0.876. The van der Waals surface area contributed by atoms with E-state index in [0.29, 0.717) is 11.9 Å². The van der Waals surface area contributed by atoms with Gasteiger partial charge in [-0.15, -0.1) is 10.2 Å². The van der Waals surface area contributed by atoms with Gasteiger partial charge in [0.2, 0.25) is 0 Å². The maximum atomic E-state index is 13.8. The summed E-state index contributed by atoms with van der Waals surface area (Å²) in [5.74, 6) is -0.403. The first kappa shape index (κ1) is 15.4. The highest BCUT2D eigenvalue weighted by atomic mass is 19.4. The Morgan fingerprint density at radius 3 is 2.57 bits per heavy atom. The molecular weight excluding hydrogens is 290 g/mol. The average molecular weight is 303 g/mol. The number of likely N-dealkylation sites (N-methyl/N-ethyl adjacent to an activating group) is 1. The van der Waals surface area contributed by atoms with E-state index in [2.05, 4.69) is 20.7 Å². The van der Waals surface area contributed by atoms with Crippen LogP contribution in [0.25, 0.3) is 0 Å². The summed E-state index contributed by atoms with van der Waals surface area (Å²) in [6.07, 6.45) is -4.39. The topological polar surface area (TPSA) is 55.6 Å². The second kappa shape index (κ2) is 5.76. The Morgan fingerprint density at radius 2 is 2.05 bits per heavy atom. The molecule has 0 saturated carbocycles. The number of tetrazole rings is 1. The minimum absolute atomic E-state index is 0.0835. The molecule has 0 aliphatic rings. The van der Waals surface area contributed by atoms with Crippen LogP contribution in [-0.2, 0) is 19.6 Å². The van der Waals surface area contributed by atoms with E-state index in [4.69, 9.17) is 0 Å². The molecule has 114 valence electrons. The maximum Gasteiger partial charge on any atom is 0.416 e. The fraction of sp³-hybridized carbons (Fsp3) is 0.417. The van der Waals surface area contributed by atoms with E-state index < -0.39 is 23.6 Å². The van der Waals surface area contributed by atoms with E-state index in [1.807, 2.05) is 0 Å². The third-order valence-corrected chi connectivity index (χ3v) is 2.98. The molecule has 0 fully saturated rings. The number of alkyl halides is 3. The van der Waals surface area contributed by atoms with Gasteiger partial charge in [-0.3, -0.25) is 0 Å². The van der Waals surface area contributed by atoms with E-state index in [0.717, 1.165) is 12.1 Å². The van der Waals surface area contributed by atoms with Crippen LogP contribution in [0, 0.1) is 5.82 Å². The Labute approximate surface area is 118 Å². The van der Waals surface area contributed by atoms with Gasteiger partial charge in [0.05, 0.1) is 12.6 Å². The molecule has 5 nitrogen and oxygen atoms in total. The lowest BCUT2D eigenvalue weighted by Crippen LogP contribution is -2.21. The van der Waals surface area contributed by atoms with Crippen molar-refractivity contribution in [1.82, 2.24) is 25.5 Å². The summed E-state index contributed by atoms with van der Waals surface area (Å²) in [6, 6.07) is 1.64. The van der Waals surface area contributed by atoms with Crippen LogP contribution in [0.2, 0.25) is 0 Å². The van der Waals surface area contributed by atoms with Gasteiger partial charge in [-0.05, 0) is 30.5 Å². The highest BCUT2D eigenvalue weighted by Crippen LogP contribution is 2.32. The van der Waals surface area contributed by atoms with Crippen molar-refractivity contribution in [3.63, 3.8) is 0 Å². The third kappa shape index (κ3) is 3.54. The molecule has 21 heavy (non-hydrogen) atoms. The van der Waals surface area contributed by atoms with Crippen LogP contribution < -0.4 is 5.32 Å². The Hall–Kier alpha value is -2.03. The van der Waals surface area contributed by atoms with E-state index in [1.165, 1.54) is 11.8 Å². The maximum absolute atomic E-state index is 13.8. The normalized spacial score (nSPS) is 13.4. The number of hydrogen-bond acceptors (Lipinski definition) is 4. The fourth-order valence-electron chi connectivity index (χ4n) is 1.94. The first-order valence-electron chi connectivity index (χ1n) is 6.08. The number of aryl methyl sites for hydroxylation is 1. The van der Waals surface area contributed by atoms with E-state index >= 15 is 0 Å². The Morgan fingerprint density at radius 1 is 1.33 bits per heavy atom. The standard InChI is InChI=1S/C12H13F4N5/c1-17-10(6-11-18-20-21(2)19-11)8-5-7(12(14,15)16)3-4-9(8)13/h3-5,10,17H,6H2,1-2H3. The summed E-state index contributed by atoms with van der Waals surface area (Å²) in [6.45, 7) is 0. The lowest BCUT2D eigenvalue weighted by molar-refractivity contribution is -0.137. The van der Waals surface area contributed by atoms with Gasteiger partial charge >= 0.3 is 6.18 Å². The molecule has 1 unspecified atom stereocenters. The van der Waals surface area contributed by atoms with Gasteiger partial charge in [-0.2, -0.15) is 18.0 Å². The number of aromatic nitrogens is 4. The molecule has 0 aliphatic heterocycles. The molecule has 2 aromatic rings. The summed E-state index contributed by atoms with van der Waals surface area (Å²) in [5, 5.41) is 14.1. The SMILES string of the molecule is CNC(Cc1nnn(C)n1)c1cc(C(F)(F)F)ccc1F. The second-order valence-corrected chi connectivity index (χ2v) is 4.47. The van der Waals surface area contributed by atoms with Crippen molar-refractivity contribution in [3.8, 4) is 0 Å². The Kier molecular flexibility index (Phi) is 4.21. The Balaban J connectivity index is 2.33. The zero-order chi connectivity index (χ0) is 15.6. The lowest BCUT2D eigenvalue weighted by Gasteiger charge is -2.17. The van der Waals surface area contributed by atoms with E-state index in [-0.39, 0.29) is 12.0 Å². The highest BCUT2D eigenvalue weighted by Gasteiger charge is 2.32. The van der Waals surface area contributed by atoms with Gasteiger partial charge in [0.1, 0.15) is 5.82 Å². The van der Waals surface area contributed by atoms with E-state index in [1.54, 1.807) is 7.05 Å². The number of hydrogen-bond donors (Lipinski definition) is 1. The van der Waals surface area contributed by atoms with Gasteiger partial charge in [0.25, 0.3) is 0 Å². The molecule has 1 aromatic carbocycles. The van der Waals surface area contributed by atoms with Crippen LogP contribution in [0.1, 0.15) is 23.0 Å². The Bertz CT molecular complexity index is 622. The predicted octanol–water partition coefficient (Wildman–Crippen LogP) is 1.87. The average Bonchev–Trinajstić information content (AvgIpc) is 2.81. The first-order chi connectivity index (χ1) is 9.81. The number of nitrogens with one attached hydrogen (secondary N) is 1. The molecule has 1 aromatic heterocycles. The van der Waals surface area contributed by atoms with Crippen molar-refractivity contribution >= 4 is 0 Å². The van der Waals surface area contributed by atoms with Crippen molar-refractivity contribution < 1.29 is 17.6 Å². The zero-order valence-corrected chi connectivity index (χ0v) is 11.3. The lowest BCUT2D eigenvalue weighted by atomic mass is 10.00. The van der Waals surface area contributed by atoms with Crippen LogP contribution in [0.15, 0.2) is 18.2 Å². The molecule has 0 bridgehead atoms. The van der Waals surface area contributed by atoms with Crippen molar-refractivity contribution in [2.24, 2.45) is 7.05 Å². The molecule has 1 N–H and O–H groups in total. The third-order valence-electron chi connectivity index (χ3n) is 2.98. The summed E-state index contributed by atoms with van der Waals surface area (Å²) in [7, 11) is 3.09. The summed E-state index contributed by atoms with van der Waals surface area (Å²) >= 11 is 0. The molecule has 0 amide bonds. The largest absolute Gasteiger partial charge is 0.416 e. The molecule has 2 rings (SSSR count). The van der Waals surface area contributed by atoms with Crippen LogP contribution in [0.4, 0.5) is 17.6 Å². The van der Waals surface area contributed by atoms with Crippen molar-refractivity contribution in [3.05, 3.63) is 41.0 Å². The smallest absolute Gasteiger partial charge is 0.313 e. The molecule has 0 spiro atoms. The van der Waals surface area contributed by atoms with Crippen molar-refractivity contribution in [2.45, 2.75) is 18.6 Å². The molecule has 0 radical (unpaired) electrons. The number of nitrogens with zero attached hydrogens (tertiary/aromatic N) is 4. The van der Waals surface area contributed by atoms with Crippen LogP contribution in [0.3, 0.4) is 0 Å². The second-order valence-electron chi connectivity index (χ2n) is 4.47. The monoisotopic (exact) mass is 303 g/mol. The van der Waals surface area contributed by atoms with Crippen LogP contribution in [-0.4, -0.2) is 27.3 Å². The van der Waals surface area contributed by atoms with Gasteiger partial charge < -0.3 is 5.32 Å².